The maximum Gasteiger partial charge on any atom is 0.191 e. The Morgan fingerprint density at radius 3 is 2.62 bits per heavy atom. The summed E-state index contributed by atoms with van der Waals surface area (Å²) in [5.74, 6) is 1.83. The van der Waals surface area contributed by atoms with Crippen LogP contribution in [0.2, 0.25) is 0 Å². The van der Waals surface area contributed by atoms with Crippen LogP contribution in [0.3, 0.4) is 0 Å². The second-order valence-corrected chi connectivity index (χ2v) is 8.01. The average Bonchev–Trinajstić information content (AvgIpc) is 3.23. The Bertz CT molecular complexity index is 927. The van der Waals surface area contributed by atoms with Crippen molar-refractivity contribution in [3.05, 3.63) is 69.2 Å². The molecule has 2 N–H and O–H groups in total. The van der Waals surface area contributed by atoms with Crippen molar-refractivity contribution in [1.82, 2.24) is 25.2 Å². The molecular formula is C21H29IN6S. The minimum absolute atomic E-state index is 0. The van der Waals surface area contributed by atoms with Crippen LogP contribution in [0.15, 0.2) is 41.7 Å². The van der Waals surface area contributed by atoms with Gasteiger partial charge in [0.2, 0.25) is 0 Å². The predicted molar refractivity (Wildman–Crippen MR) is 131 cm³/mol. The van der Waals surface area contributed by atoms with Crippen LogP contribution in [0.4, 0.5) is 0 Å². The Kier molecular flexibility index (Phi) is 9.09. The van der Waals surface area contributed by atoms with E-state index in [1.54, 1.807) is 11.3 Å². The SMILES string of the molecule is CCNC(=NCc1cccc(Cn2ccnc2C)c1)NCc1nc(C)c(C)s1.I. The van der Waals surface area contributed by atoms with E-state index in [-0.39, 0.29) is 24.0 Å². The van der Waals surface area contributed by atoms with Gasteiger partial charge in [0.15, 0.2) is 5.96 Å². The van der Waals surface area contributed by atoms with Crippen LogP contribution in [-0.4, -0.2) is 27.0 Å². The van der Waals surface area contributed by atoms with Crippen molar-refractivity contribution in [2.45, 2.75) is 47.3 Å². The summed E-state index contributed by atoms with van der Waals surface area (Å²) in [5.41, 5.74) is 3.54. The Morgan fingerprint density at radius 2 is 1.97 bits per heavy atom. The van der Waals surface area contributed by atoms with E-state index < -0.39 is 0 Å². The van der Waals surface area contributed by atoms with Crippen molar-refractivity contribution in [2.75, 3.05) is 6.54 Å². The third-order valence-electron chi connectivity index (χ3n) is 4.51. The molecule has 0 radical (unpaired) electrons. The van der Waals surface area contributed by atoms with Gasteiger partial charge in [-0.05, 0) is 38.8 Å². The minimum atomic E-state index is 0. The first-order valence-electron chi connectivity index (χ1n) is 9.55. The van der Waals surface area contributed by atoms with Gasteiger partial charge < -0.3 is 15.2 Å². The van der Waals surface area contributed by atoms with Crippen LogP contribution >= 0.6 is 35.3 Å². The Labute approximate surface area is 193 Å². The third kappa shape index (κ3) is 6.81. The van der Waals surface area contributed by atoms with Crippen LogP contribution < -0.4 is 10.6 Å². The number of guanidine groups is 1. The van der Waals surface area contributed by atoms with E-state index in [0.29, 0.717) is 13.1 Å². The van der Waals surface area contributed by atoms with E-state index in [4.69, 9.17) is 4.99 Å². The Balaban J connectivity index is 0.00000300. The molecular weight excluding hydrogens is 495 g/mol. The lowest BCUT2D eigenvalue weighted by Crippen LogP contribution is -2.36. The first-order chi connectivity index (χ1) is 13.5. The highest BCUT2D eigenvalue weighted by molar-refractivity contribution is 14.0. The summed E-state index contributed by atoms with van der Waals surface area (Å²) >= 11 is 1.73. The fourth-order valence-corrected chi connectivity index (χ4v) is 3.75. The summed E-state index contributed by atoms with van der Waals surface area (Å²) < 4.78 is 2.14. The van der Waals surface area contributed by atoms with E-state index in [0.717, 1.165) is 35.6 Å². The number of aryl methyl sites for hydroxylation is 3. The smallest absolute Gasteiger partial charge is 0.191 e. The van der Waals surface area contributed by atoms with Crippen molar-refractivity contribution in [1.29, 1.82) is 0 Å². The summed E-state index contributed by atoms with van der Waals surface area (Å²) in [6.45, 7) is 11.2. The molecule has 3 aromatic rings. The van der Waals surface area contributed by atoms with Gasteiger partial charge in [-0.15, -0.1) is 35.3 Å². The molecule has 0 aliphatic carbocycles. The number of halogens is 1. The minimum Gasteiger partial charge on any atom is -0.357 e. The normalized spacial score (nSPS) is 11.2. The van der Waals surface area contributed by atoms with Crippen LogP contribution in [0, 0.1) is 20.8 Å². The largest absolute Gasteiger partial charge is 0.357 e. The molecule has 0 saturated carbocycles. The molecule has 0 bridgehead atoms. The highest BCUT2D eigenvalue weighted by atomic mass is 127. The second kappa shape index (κ2) is 11.3. The van der Waals surface area contributed by atoms with Crippen LogP contribution in [0.5, 0.6) is 0 Å². The van der Waals surface area contributed by atoms with Gasteiger partial charge in [-0.1, -0.05) is 24.3 Å². The fourth-order valence-electron chi connectivity index (χ4n) is 2.88. The summed E-state index contributed by atoms with van der Waals surface area (Å²) in [4.78, 5) is 14.9. The van der Waals surface area contributed by atoms with Gasteiger partial charge in [0, 0.05) is 30.4 Å². The zero-order valence-electron chi connectivity index (χ0n) is 17.4. The number of hydrogen-bond acceptors (Lipinski definition) is 4. The molecule has 2 heterocycles. The van der Waals surface area contributed by atoms with Gasteiger partial charge in [0.05, 0.1) is 18.8 Å². The van der Waals surface area contributed by atoms with E-state index in [1.807, 2.05) is 26.2 Å². The number of hydrogen-bond donors (Lipinski definition) is 2. The van der Waals surface area contributed by atoms with Crippen LogP contribution in [-0.2, 0) is 19.6 Å². The average molecular weight is 524 g/mol. The predicted octanol–water partition coefficient (Wildman–Crippen LogP) is 4.19. The molecule has 29 heavy (non-hydrogen) atoms. The molecule has 3 rings (SSSR count). The zero-order chi connectivity index (χ0) is 19.9. The quantitative estimate of drug-likeness (QED) is 0.277. The molecule has 0 amide bonds. The van der Waals surface area contributed by atoms with Gasteiger partial charge >= 0.3 is 0 Å². The number of imidazole rings is 1. The first kappa shape index (κ1) is 23.3. The number of benzene rings is 1. The summed E-state index contributed by atoms with van der Waals surface area (Å²) in [5, 5.41) is 7.77. The lowest BCUT2D eigenvalue weighted by atomic mass is 10.1. The molecule has 8 heteroatoms. The molecule has 0 unspecified atom stereocenters. The number of aliphatic imine (C=N–C) groups is 1. The standard InChI is InChI=1S/C21H28N6S.HI/c1-5-22-21(25-13-20-26-15(2)16(3)28-20)24-12-18-7-6-8-19(11-18)14-27-10-9-23-17(27)4;/h6-11H,5,12-14H2,1-4H3,(H2,22,24,25);1H. The molecule has 156 valence electrons. The number of nitrogens with one attached hydrogen (secondary N) is 2. The Morgan fingerprint density at radius 1 is 1.17 bits per heavy atom. The highest BCUT2D eigenvalue weighted by Crippen LogP contribution is 2.16. The van der Waals surface area contributed by atoms with Gasteiger partial charge in [-0.25, -0.2) is 15.0 Å². The molecule has 0 aliphatic heterocycles. The summed E-state index contributed by atoms with van der Waals surface area (Å²) in [6.07, 6.45) is 3.85. The molecule has 0 aliphatic rings. The van der Waals surface area contributed by atoms with E-state index in [9.17, 15) is 0 Å². The fraction of sp³-hybridized carbons (Fsp3) is 0.381. The van der Waals surface area contributed by atoms with Crippen molar-refractivity contribution < 1.29 is 0 Å². The number of aromatic nitrogens is 3. The van der Waals surface area contributed by atoms with E-state index in [1.165, 1.54) is 16.0 Å². The Hall–Kier alpha value is -1.94. The van der Waals surface area contributed by atoms with Crippen LogP contribution in [0.25, 0.3) is 0 Å². The lowest BCUT2D eigenvalue weighted by molar-refractivity contribution is 0.760. The van der Waals surface area contributed by atoms with Crippen molar-refractivity contribution in [3.63, 3.8) is 0 Å². The first-order valence-corrected chi connectivity index (χ1v) is 10.4. The van der Waals surface area contributed by atoms with Gasteiger partial charge in [-0.2, -0.15) is 0 Å². The maximum atomic E-state index is 4.74. The lowest BCUT2D eigenvalue weighted by Gasteiger charge is -2.11. The molecule has 0 saturated heterocycles. The van der Waals surface area contributed by atoms with Crippen molar-refractivity contribution in [2.24, 2.45) is 4.99 Å². The number of rotatable bonds is 7. The molecule has 1 aromatic carbocycles. The molecule has 0 atom stereocenters. The molecule has 6 nitrogen and oxygen atoms in total. The van der Waals surface area contributed by atoms with Crippen molar-refractivity contribution in [3.8, 4) is 0 Å². The number of nitrogens with zero attached hydrogens (tertiary/aromatic N) is 4. The second-order valence-electron chi connectivity index (χ2n) is 6.72. The van der Waals surface area contributed by atoms with Gasteiger partial charge in [0.25, 0.3) is 0 Å². The zero-order valence-corrected chi connectivity index (χ0v) is 20.5. The molecule has 2 aromatic heterocycles. The van der Waals surface area contributed by atoms with Crippen LogP contribution in [0.1, 0.15) is 39.5 Å². The summed E-state index contributed by atoms with van der Waals surface area (Å²) in [7, 11) is 0. The highest BCUT2D eigenvalue weighted by Gasteiger charge is 2.05. The van der Waals surface area contributed by atoms with Gasteiger partial charge in [0.1, 0.15) is 10.8 Å². The van der Waals surface area contributed by atoms with E-state index in [2.05, 4.69) is 63.3 Å². The molecule has 0 spiro atoms. The molecule has 0 fully saturated rings. The summed E-state index contributed by atoms with van der Waals surface area (Å²) in [6, 6.07) is 8.56. The van der Waals surface area contributed by atoms with E-state index >= 15 is 0 Å². The topological polar surface area (TPSA) is 67.1 Å². The van der Waals surface area contributed by atoms with Gasteiger partial charge in [-0.3, -0.25) is 0 Å². The number of thiazole rings is 1. The third-order valence-corrected chi connectivity index (χ3v) is 5.58. The van der Waals surface area contributed by atoms with Crippen molar-refractivity contribution >= 4 is 41.3 Å². The monoisotopic (exact) mass is 524 g/mol. The maximum absolute atomic E-state index is 4.74.